The lowest BCUT2D eigenvalue weighted by molar-refractivity contribution is -0.124. The first-order valence-electron chi connectivity index (χ1n) is 4.88. The van der Waals surface area contributed by atoms with Crippen LogP contribution < -0.4 is 0 Å². The van der Waals surface area contributed by atoms with Crippen LogP contribution in [0.2, 0.25) is 0 Å². The average Bonchev–Trinajstić information content (AvgIpc) is 2.31. The quantitative estimate of drug-likeness (QED) is 0.593. The largest absolute Gasteiger partial charge is 0.393 e. The van der Waals surface area contributed by atoms with Crippen molar-refractivity contribution in [3.8, 4) is 0 Å². The highest BCUT2D eigenvalue weighted by Crippen LogP contribution is 2.44. The summed E-state index contributed by atoms with van der Waals surface area (Å²) in [6.07, 6.45) is 3.26. The van der Waals surface area contributed by atoms with Gasteiger partial charge in [-0.1, -0.05) is 6.92 Å². The van der Waals surface area contributed by atoms with E-state index in [1.807, 2.05) is 0 Å². The molecule has 0 aliphatic heterocycles. The van der Waals surface area contributed by atoms with Crippen LogP contribution in [0.3, 0.4) is 0 Å². The molecule has 2 aliphatic carbocycles. The number of carbonyl (C=O) groups excluding carboxylic acids is 1. The molecule has 0 radical (unpaired) electrons. The SMILES string of the molecule is C[C@@H]1CC(=O)CC2CCC(O)C21. The van der Waals surface area contributed by atoms with Gasteiger partial charge in [-0.15, -0.1) is 0 Å². The average molecular weight is 168 g/mol. The van der Waals surface area contributed by atoms with Gasteiger partial charge < -0.3 is 5.11 Å². The maximum atomic E-state index is 11.2. The molecule has 0 spiro atoms. The van der Waals surface area contributed by atoms with Crippen molar-refractivity contribution in [1.82, 2.24) is 0 Å². The van der Waals surface area contributed by atoms with Gasteiger partial charge in [0.05, 0.1) is 6.10 Å². The Balaban J connectivity index is 2.14. The molecule has 0 heterocycles. The van der Waals surface area contributed by atoms with E-state index >= 15 is 0 Å². The van der Waals surface area contributed by atoms with E-state index in [2.05, 4.69) is 6.92 Å². The number of aliphatic hydroxyl groups is 1. The van der Waals surface area contributed by atoms with Gasteiger partial charge in [0, 0.05) is 12.8 Å². The molecular weight excluding hydrogens is 152 g/mol. The highest BCUT2D eigenvalue weighted by molar-refractivity contribution is 5.79. The van der Waals surface area contributed by atoms with Gasteiger partial charge in [-0.2, -0.15) is 0 Å². The van der Waals surface area contributed by atoms with Gasteiger partial charge in [0.15, 0.2) is 0 Å². The molecule has 1 N–H and O–H groups in total. The first-order chi connectivity index (χ1) is 5.68. The van der Waals surface area contributed by atoms with Gasteiger partial charge in [-0.05, 0) is 30.6 Å². The molecule has 0 aromatic carbocycles. The fraction of sp³-hybridized carbons (Fsp3) is 0.900. The summed E-state index contributed by atoms with van der Waals surface area (Å²) in [5.74, 6) is 1.73. The summed E-state index contributed by atoms with van der Waals surface area (Å²) in [7, 11) is 0. The molecule has 12 heavy (non-hydrogen) atoms. The van der Waals surface area contributed by atoms with Crippen LogP contribution >= 0.6 is 0 Å². The third kappa shape index (κ3) is 1.18. The Kier molecular flexibility index (Phi) is 1.95. The van der Waals surface area contributed by atoms with Gasteiger partial charge in [0.2, 0.25) is 0 Å². The topological polar surface area (TPSA) is 37.3 Å². The van der Waals surface area contributed by atoms with Crippen molar-refractivity contribution in [1.29, 1.82) is 0 Å². The monoisotopic (exact) mass is 168 g/mol. The van der Waals surface area contributed by atoms with Crippen LogP contribution in [0.1, 0.15) is 32.6 Å². The number of Topliss-reactive ketones (excluding diaryl/α,β-unsaturated/α-hetero) is 1. The van der Waals surface area contributed by atoms with E-state index in [1.165, 1.54) is 0 Å². The summed E-state index contributed by atoms with van der Waals surface area (Å²) in [6, 6.07) is 0. The van der Waals surface area contributed by atoms with E-state index < -0.39 is 0 Å². The molecule has 2 nitrogen and oxygen atoms in total. The van der Waals surface area contributed by atoms with Crippen molar-refractivity contribution in [2.45, 2.75) is 38.7 Å². The van der Waals surface area contributed by atoms with Crippen LogP contribution in [0.25, 0.3) is 0 Å². The van der Waals surface area contributed by atoms with Crippen LogP contribution in [0.4, 0.5) is 0 Å². The molecule has 2 rings (SSSR count). The molecule has 4 atom stereocenters. The normalized spacial score (nSPS) is 47.7. The summed E-state index contributed by atoms with van der Waals surface area (Å²) in [6.45, 7) is 2.10. The van der Waals surface area contributed by atoms with E-state index in [0.717, 1.165) is 19.3 Å². The maximum absolute atomic E-state index is 11.2. The standard InChI is InChI=1S/C10H16O2/c1-6-4-8(11)5-7-2-3-9(12)10(6)7/h6-7,9-10,12H,2-5H2,1H3/t6-,7?,9?,10?/m1/s1. The minimum atomic E-state index is -0.127. The zero-order valence-corrected chi connectivity index (χ0v) is 7.49. The van der Waals surface area contributed by atoms with E-state index in [-0.39, 0.29) is 6.10 Å². The van der Waals surface area contributed by atoms with Crippen LogP contribution in [-0.2, 0) is 4.79 Å². The first kappa shape index (κ1) is 8.24. The summed E-state index contributed by atoms with van der Waals surface area (Å²) in [5, 5.41) is 9.67. The van der Waals surface area contributed by atoms with Crippen molar-refractivity contribution in [2.75, 3.05) is 0 Å². The Bertz CT molecular complexity index is 200. The lowest BCUT2D eigenvalue weighted by Gasteiger charge is -2.32. The lowest BCUT2D eigenvalue weighted by Crippen LogP contribution is -2.33. The Hall–Kier alpha value is -0.370. The highest BCUT2D eigenvalue weighted by atomic mass is 16.3. The number of rotatable bonds is 0. The van der Waals surface area contributed by atoms with Gasteiger partial charge in [0.1, 0.15) is 5.78 Å². The fourth-order valence-electron chi connectivity index (χ4n) is 3.04. The number of hydrogen-bond donors (Lipinski definition) is 1. The molecule has 0 amide bonds. The van der Waals surface area contributed by atoms with E-state index in [4.69, 9.17) is 0 Å². The second-order valence-electron chi connectivity index (χ2n) is 4.41. The summed E-state index contributed by atoms with van der Waals surface area (Å²) < 4.78 is 0. The van der Waals surface area contributed by atoms with Crippen molar-refractivity contribution >= 4 is 5.78 Å². The van der Waals surface area contributed by atoms with Crippen molar-refractivity contribution in [3.63, 3.8) is 0 Å². The third-order valence-corrected chi connectivity index (χ3v) is 3.52. The molecule has 0 bridgehead atoms. The van der Waals surface area contributed by atoms with Crippen molar-refractivity contribution in [2.24, 2.45) is 17.8 Å². The molecule has 0 aromatic rings. The Labute approximate surface area is 73.0 Å². The zero-order chi connectivity index (χ0) is 8.72. The maximum Gasteiger partial charge on any atom is 0.133 e. The summed E-state index contributed by atoms with van der Waals surface area (Å²) >= 11 is 0. The number of carbonyl (C=O) groups is 1. The Morgan fingerprint density at radius 1 is 1.33 bits per heavy atom. The second kappa shape index (κ2) is 2.84. The van der Waals surface area contributed by atoms with Crippen molar-refractivity contribution in [3.05, 3.63) is 0 Å². The summed E-state index contributed by atoms with van der Waals surface area (Å²) in [5.41, 5.74) is 0. The van der Waals surface area contributed by atoms with Gasteiger partial charge in [0.25, 0.3) is 0 Å². The fourth-order valence-corrected chi connectivity index (χ4v) is 3.04. The van der Waals surface area contributed by atoms with E-state index in [1.54, 1.807) is 0 Å². The molecule has 0 aromatic heterocycles. The molecule has 3 unspecified atom stereocenters. The van der Waals surface area contributed by atoms with Gasteiger partial charge in [-0.25, -0.2) is 0 Å². The molecule has 2 heteroatoms. The van der Waals surface area contributed by atoms with Crippen LogP contribution in [0.15, 0.2) is 0 Å². The third-order valence-electron chi connectivity index (χ3n) is 3.52. The zero-order valence-electron chi connectivity index (χ0n) is 7.49. The first-order valence-corrected chi connectivity index (χ1v) is 4.88. The number of hydrogen-bond acceptors (Lipinski definition) is 2. The number of fused-ring (bicyclic) bond motifs is 1. The van der Waals surface area contributed by atoms with Gasteiger partial charge >= 0.3 is 0 Å². The second-order valence-corrected chi connectivity index (χ2v) is 4.41. The molecule has 2 saturated carbocycles. The summed E-state index contributed by atoms with van der Waals surface area (Å²) in [4.78, 5) is 11.2. The predicted octanol–water partition coefficient (Wildman–Crippen LogP) is 1.37. The van der Waals surface area contributed by atoms with Crippen LogP contribution in [0.5, 0.6) is 0 Å². The Morgan fingerprint density at radius 3 is 2.83 bits per heavy atom. The van der Waals surface area contributed by atoms with Crippen LogP contribution in [0, 0.1) is 17.8 Å². The molecule has 2 fully saturated rings. The molecular formula is C10H16O2. The smallest absolute Gasteiger partial charge is 0.133 e. The Morgan fingerprint density at radius 2 is 2.08 bits per heavy atom. The van der Waals surface area contributed by atoms with Crippen LogP contribution in [-0.4, -0.2) is 17.0 Å². The highest BCUT2D eigenvalue weighted by Gasteiger charge is 2.42. The lowest BCUT2D eigenvalue weighted by atomic mass is 9.73. The van der Waals surface area contributed by atoms with Gasteiger partial charge in [-0.3, -0.25) is 4.79 Å². The molecule has 0 saturated heterocycles. The number of aliphatic hydroxyl groups excluding tert-OH is 1. The predicted molar refractivity (Wildman–Crippen MR) is 45.6 cm³/mol. The number of ketones is 1. The molecule has 2 aliphatic rings. The van der Waals surface area contributed by atoms with Crippen molar-refractivity contribution < 1.29 is 9.90 Å². The molecule has 68 valence electrons. The minimum Gasteiger partial charge on any atom is -0.393 e. The van der Waals surface area contributed by atoms with E-state index in [0.29, 0.717) is 30.0 Å². The van der Waals surface area contributed by atoms with E-state index in [9.17, 15) is 9.90 Å². The minimum absolute atomic E-state index is 0.127.